The van der Waals surface area contributed by atoms with Crippen LogP contribution in [0.4, 0.5) is 0 Å². The smallest absolute Gasteiger partial charge is 0.243 e. The minimum atomic E-state index is -1.15. The highest BCUT2D eigenvalue weighted by Crippen LogP contribution is 2.11. The normalized spacial score (nSPS) is 19.8. The summed E-state index contributed by atoms with van der Waals surface area (Å²) in [4.78, 5) is 96.9. The van der Waals surface area contributed by atoms with E-state index in [9.17, 15) is 33.6 Å². The van der Waals surface area contributed by atoms with E-state index in [0.717, 1.165) is 5.56 Å². The molecule has 2 rings (SSSR count). The number of unbranched alkanes of at least 4 members (excludes halogenated alkanes) is 1. The Morgan fingerprint density at radius 3 is 2.16 bits per heavy atom. The van der Waals surface area contributed by atoms with Crippen LogP contribution in [0.25, 0.3) is 0 Å². The quantitative estimate of drug-likeness (QED) is 0.0488. The molecule has 1 aliphatic heterocycles. The van der Waals surface area contributed by atoms with E-state index in [1.165, 1.54) is 6.92 Å². The average Bonchev–Trinajstić information content (AvgIpc) is 3.12. The van der Waals surface area contributed by atoms with Crippen LogP contribution in [0.15, 0.2) is 35.3 Å². The van der Waals surface area contributed by atoms with Crippen molar-refractivity contribution < 1.29 is 33.6 Å². The van der Waals surface area contributed by atoms with Gasteiger partial charge in [-0.15, -0.1) is 0 Å². The van der Waals surface area contributed by atoms with Crippen molar-refractivity contribution in [3.63, 3.8) is 0 Å². The van der Waals surface area contributed by atoms with Crippen LogP contribution in [-0.2, 0) is 40.0 Å². The molecule has 13 N–H and O–H groups in total. The van der Waals surface area contributed by atoms with Gasteiger partial charge in [0.25, 0.3) is 0 Å². The molecule has 0 aromatic heterocycles. The second-order valence-electron chi connectivity index (χ2n) is 14.1. The Labute approximate surface area is 323 Å². The van der Waals surface area contributed by atoms with Crippen molar-refractivity contribution in [3.05, 3.63) is 35.9 Å². The zero-order valence-corrected chi connectivity index (χ0v) is 32.3. The predicted octanol–water partition coefficient (Wildman–Crippen LogP) is -1.68. The van der Waals surface area contributed by atoms with Gasteiger partial charge in [0.2, 0.25) is 41.4 Å². The summed E-state index contributed by atoms with van der Waals surface area (Å²) < 4.78 is 0. The Morgan fingerprint density at radius 2 is 1.51 bits per heavy atom. The van der Waals surface area contributed by atoms with Gasteiger partial charge in [-0.05, 0) is 75.8 Å². The van der Waals surface area contributed by atoms with E-state index in [1.54, 1.807) is 12.1 Å². The highest BCUT2D eigenvalue weighted by atomic mass is 16.2. The molecule has 1 aromatic rings. The number of amides is 7. The molecule has 1 aromatic carbocycles. The second kappa shape index (κ2) is 24.9. The molecule has 0 aliphatic carbocycles. The van der Waals surface area contributed by atoms with Crippen molar-refractivity contribution in [1.29, 1.82) is 0 Å². The summed E-state index contributed by atoms with van der Waals surface area (Å²) in [6.45, 7) is 5.57. The SMILES string of the molecule is CC(=O)N[C@@H](CCCCN)C(=O)N[C@@H](CCCN=C(N)N)C(=O)N[C@H]1CCCCNC(=O)CNC(=O)[C@H](Cc2ccccc2)NC(=O)[C@H](CC(C)C)NC1=O. The lowest BCUT2D eigenvalue weighted by molar-refractivity contribution is -0.135. The van der Waals surface area contributed by atoms with Gasteiger partial charge in [-0.2, -0.15) is 0 Å². The van der Waals surface area contributed by atoms with Gasteiger partial charge in [0.1, 0.15) is 30.2 Å². The summed E-state index contributed by atoms with van der Waals surface area (Å²) in [5.74, 6) is -4.11. The van der Waals surface area contributed by atoms with Gasteiger partial charge >= 0.3 is 0 Å². The molecule has 0 unspecified atom stereocenters. The van der Waals surface area contributed by atoms with Crippen LogP contribution in [-0.4, -0.2) is 104 Å². The summed E-state index contributed by atoms with van der Waals surface area (Å²) in [6.07, 6.45) is 3.17. The van der Waals surface area contributed by atoms with E-state index in [1.807, 2.05) is 32.0 Å². The number of carbonyl (C=O) groups excluding carboxylic acids is 7. The number of aliphatic imine (C=N–C) groups is 1. The lowest BCUT2D eigenvalue weighted by Crippen LogP contribution is -2.59. The molecule has 1 heterocycles. The summed E-state index contributed by atoms with van der Waals surface area (Å²) >= 11 is 0. The molecule has 55 heavy (non-hydrogen) atoms. The van der Waals surface area contributed by atoms with E-state index in [2.05, 4.69) is 42.2 Å². The number of benzene rings is 1. The molecule has 5 atom stereocenters. The van der Waals surface area contributed by atoms with E-state index < -0.39 is 71.6 Å². The van der Waals surface area contributed by atoms with E-state index in [0.29, 0.717) is 45.1 Å². The van der Waals surface area contributed by atoms with Gasteiger partial charge < -0.3 is 54.4 Å². The molecular weight excluding hydrogens is 710 g/mol. The average molecular weight is 772 g/mol. The number of hydrogen-bond acceptors (Lipinski definition) is 9. The molecule has 1 fully saturated rings. The fraction of sp³-hybridized carbons (Fsp3) is 0.622. The van der Waals surface area contributed by atoms with E-state index >= 15 is 0 Å². The first-order valence-electron chi connectivity index (χ1n) is 19.0. The molecule has 0 bridgehead atoms. The Hall–Kier alpha value is -5.26. The van der Waals surface area contributed by atoms with Crippen molar-refractivity contribution in [2.45, 2.75) is 115 Å². The third-order valence-corrected chi connectivity index (χ3v) is 8.77. The van der Waals surface area contributed by atoms with Crippen molar-refractivity contribution >= 4 is 47.3 Å². The van der Waals surface area contributed by atoms with E-state index in [-0.39, 0.29) is 57.2 Å². The Morgan fingerprint density at radius 1 is 0.836 bits per heavy atom. The highest BCUT2D eigenvalue weighted by Gasteiger charge is 2.33. The van der Waals surface area contributed by atoms with Gasteiger partial charge in [0, 0.05) is 26.4 Å². The first-order chi connectivity index (χ1) is 26.2. The number of carbonyl (C=O) groups is 7. The molecule has 0 radical (unpaired) electrons. The van der Waals surface area contributed by atoms with Crippen LogP contribution < -0.4 is 54.4 Å². The number of nitrogens with zero attached hydrogens (tertiary/aromatic N) is 1. The van der Waals surface area contributed by atoms with Crippen molar-refractivity contribution in [2.75, 3.05) is 26.2 Å². The fourth-order valence-corrected chi connectivity index (χ4v) is 5.95. The lowest BCUT2D eigenvalue weighted by Gasteiger charge is -2.28. The van der Waals surface area contributed by atoms with Gasteiger partial charge in [0.15, 0.2) is 5.96 Å². The first kappa shape index (κ1) is 45.9. The lowest BCUT2D eigenvalue weighted by atomic mass is 10.00. The van der Waals surface area contributed by atoms with Gasteiger partial charge in [0.05, 0.1) is 6.54 Å². The van der Waals surface area contributed by atoms with Crippen LogP contribution in [0, 0.1) is 5.92 Å². The van der Waals surface area contributed by atoms with Gasteiger partial charge in [-0.3, -0.25) is 38.6 Å². The fourth-order valence-electron chi connectivity index (χ4n) is 5.95. The van der Waals surface area contributed by atoms with Crippen LogP contribution in [0.3, 0.4) is 0 Å². The Kier molecular flexibility index (Phi) is 20.8. The topological polar surface area (TPSA) is 294 Å². The number of rotatable bonds is 17. The number of nitrogens with two attached hydrogens (primary N) is 3. The zero-order valence-electron chi connectivity index (χ0n) is 32.3. The molecular formula is C37H61N11O7. The Balaban J connectivity index is 2.39. The summed E-state index contributed by atoms with van der Waals surface area (Å²) in [5, 5.41) is 19.0. The summed E-state index contributed by atoms with van der Waals surface area (Å²) in [6, 6.07) is 3.70. The van der Waals surface area contributed by atoms with Crippen molar-refractivity contribution in [1.82, 2.24) is 37.2 Å². The molecule has 18 heteroatoms. The minimum absolute atomic E-state index is 0.0500. The maximum Gasteiger partial charge on any atom is 0.243 e. The second-order valence-corrected chi connectivity index (χ2v) is 14.1. The molecule has 7 amide bonds. The maximum absolute atomic E-state index is 14.0. The minimum Gasteiger partial charge on any atom is -0.370 e. The van der Waals surface area contributed by atoms with Crippen molar-refractivity contribution in [3.8, 4) is 0 Å². The third kappa shape index (κ3) is 18.6. The largest absolute Gasteiger partial charge is 0.370 e. The first-order valence-corrected chi connectivity index (χ1v) is 19.0. The summed E-state index contributed by atoms with van der Waals surface area (Å²) in [5.41, 5.74) is 17.3. The van der Waals surface area contributed by atoms with Crippen LogP contribution in [0.5, 0.6) is 0 Å². The molecule has 0 spiro atoms. The molecule has 1 aliphatic rings. The summed E-state index contributed by atoms with van der Waals surface area (Å²) in [7, 11) is 0. The monoisotopic (exact) mass is 771 g/mol. The van der Waals surface area contributed by atoms with Crippen LogP contribution >= 0.6 is 0 Å². The van der Waals surface area contributed by atoms with Gasteiger partial charge in [-0.25, -0.2) is 0 Å². The van der Waals surface area contributed by atoms with Crippen LogP contribution in [0.2, 0.25) is 0 Å². The van der Waals surface area contributed by atoms with Crippen LogP contribution in [0.1, 0.15) is 84.1 Å². The number of nitrogens with one attached hydrogen (secondary N) is 7. The molecule has 306 valence electrons. The molecule has 0 saturated carbocycles. The van der Waals surface area contributed by atoms with Crippen molar-refractivity contribution in [2.24, 2.45) is 28.1 Å². The molecule has 18 nitrogen and oxygen atoms in total. The maximum atomic E-state index is 14.0. The molecule has 1 saturated heterocycles. The van der Waals surface area contributed by atoms with E-state index in [4.69, 9.17) is 17.2 Å². The number of guanidine groups is 1. The predicted molar refractivity (Wildman–Crippen MR) is 208 cm³/mol. The number of hydrogen-bond donors (Lipinski definition) is 10. The Bertz CT molecular complexity index is 1450. The zero-order chi connectivity index (χ0) is 40.8. The third-order valence-electron chi connectivity index (χ3n) is 8.77. The van der Waals surface area contributed by atoms with Gasteiger partial charge in [-0.1, -0.05) is 44.2 Å². The standard InChI is InChI=1S/C37H61N11O7/c1-23(2)20-29-36(55)48-30(21-25-12-5-4-6-13-25)32(51)43-22-31(50)41-18-10-8-15-27(35(54)47-29)45-34(53)28(16-11-19-42-37(39)40)46-33(52)26(44-24(3)49)14-7-9-17-38/h4-6,12-13,23,26-30H,7-11,14-22,38H2,1-3H3,(H,41,50)(H,43,51)(H,44,49)(H,45,53)(H,46,52)(H,47,54)(H,48,55)(H4,39,40,42)/t26-,27-,28-,29-,30-/m0/s1. The highest BCUT2D eigenvalue weighted by molar-refractivity contribution is 5.96.